The van der Waals surface area contributed by atoms with Gasteiger partial charge >= 0.3 is 0 Å². The van der Waals surface area contributed by atoms with E-state index in [0.717, 1.165) is 32.4 Å². The number of amides is 1. The lowest BCUT2D eigenvalue weighted by Gasteiger charge is -2.22. The number of anilines is 1. The molecule has 0 aromatic heterocycles. The topological polar surface area (TPSA) is 78.5 Å². The summed E-state index contributed by atoms with van der Waals surface area (Å²) >= 11 is 0. The van der Waals surface area contributed by atoms with Crippen LogP contribution in [0.1, 0.15) is 31.2 Å². The maximum Gasteiger partial charge on any atom is 0.242 e. The molecular formula is C17H28ClN3O3S. The number of piperidine rings is 1. The van der Waals surface area contributed by atoms with Crippen molar-refractivity contribution in [3.05, 3.63) is 23.8 Å². The van der Waals surface area contributed by atoms with Crippen molar-refractivity contribution in [2.75, 3.05) is 32.5 Å². The predicted molar refractivity (Wildman–Crippen MR) is 103 cm³/mol. The van der Waals surface area contributed by atoms with Crippen LogP contribution in [0.4, 0.5) is 5.69 Å². The quantitative estimate of drug-likeness (QED) is 0.782. The Labute approximate surface area is 156 Å². The first-order chi connectivity index (χ1) is 11.3. The minimum absolute atomic E-state index is 0. The van der Waals surface area contributed by atoms with E-state index in [1.807, 2.05) is 0 Å². The maximum atomic E-state index is 12.3. The van der Waals surface area contributed by atoms with Gasteiger partial charge in [-0.1, -0.05) is 6.07 Å². The van der Waals surface area contributed by atoms with E-state index < -0.39 is 10.0 Å². The highest BCUT2D eigenvalue weighted by Crippen LogP contribution is 2.23. The second-order valence-corrected chi connectivity index (χ2v) is 8.67. The van der Waals surface area contributed by atoms with Gasteiger partial charge in [0.05, 0.1) is 4.90 Å². The van der Waals surface area contributed by atoms with E-state index >= 15 is 0 Å². The number of aryl methyl sites for hydroxylation is 1. The number of carbonyl (C=O) groups is 1. The lowest BCUT2D eigenvalue weighted by atomic mass is 9.93. The SMILES string of the molecule is Cc1ccc(NC(=O)CCC2CCNCC2)cc1S(=O)(=O)N(C)C.Cl. The summed E-state index contributed by atoms with van der Waals surface area (Å²) < 4.78 is 25.8. The number of hydrogen-bond donors (Lipinski definition) is 2. The van der Waals surface area contributed by atoms with Crippen LogP contribution in [0.2, 0.25) is 0 Å². The number of nitrogens with zero attached hydrogens (tertiary/aromatic N) is 1. The van der Waals surface area contributed by atoms with Crippen LogP contribution in [0.15, 0.2) is 23.1 Å². The van der Waals surface area contributed by atoms with Gasteiger partial charge in [-0.2, -0.15) is 0 Å². The zero-order valence-corrected chi connectivity index (χ0v) is 16.7. The molecule has 0 bridgehead atoms. The lowest BCUT2D eigenvalue weighted by Crippen LogP contribution is -2.28. The van der Waals surface area contributed by atoms with Gasteiger partial charge in [0, 0.05) is 26.2 Å². The average Bonchev–Trinajstić information content (AvgIpc) is 2.55. The van der Waals surface area contributed by atoms with Gasteiger partial charge in [-0.15, -0.1) is 12.4 Å². The molecule has 1 fully saturated rings. The maximum absolute atomic E-state index is 12.3. The summed E-state index contributed by atoms with van der Waals surface area (Å²) in [4.78, 5) is 12.4. The minimum Gasteiger partial charge on any atom is -0.326 e. The number of halogens is 1. The van der Waals surface area contributed by atoms with Crippen molar-refractivity contribution >= 4 is 34.0 Å². The Kier molecular flexibility index (Phi) is 8.34. The van der Waals surface area contributed by atoms with Gasteiger partial charge in [0.15, 0.2) is 0 Å². The summed E-state index contributed by atoms with van der Waals surface area (Å²) in [5.74, 6) is 0.533. The van der Waals surface area contributed by atoms with E-state index in [-0.39, 0.29) is 23.2 Å². The first-order valence-electron chi connectivity index (χ1n) is 8.34. The largest absolute Gasteiger partial charge is 0.326 e. The molecule has 0 spiro atoms. The average molecular weight is 390 g/mol. The van der Waals surface area contributed by atoms with Gasteiger partial charge in [0.2, 0.25) is 15.9 Å². The van der Waals surface area contributed by atoms with E-state index in [2.05, 4.69) is 10.6 Å². The summed E-state index contributed by atoms with van der Waals surface area (Å²) in [5, 5.41) is 6.14. The van der Waals surface area contributed by atoms with Gasteiger partial charge in [0.25, 0.3) is 0 Å². The Hall–Kier alpha value is -1.15. The fourth-order valence-electron chi connectivity index (χ4n) is 2.88. The van der Waals surface area contributed by atoms with E-state index in [9.17, 15) is 13.2 Å². The number of sulfonamides is 1. The van der Waals surface area contributed by atoms with Crippen LogP contribution in [-0.4, -0.2) is 45.8 Å². The molecule has 142 valence electrons. The molecule has 1 aliphatic rings. The Bertz CT molecular complexity index is 686. The van der Waals surface area contributed by atoms with Crippen molar-refractivity contribution in [1.29, 1.82) is 0 Å². The smallest absolute Gasteiger partial charge is 0.242 e. The molecule has 0 saturated carbocycles. The molecule has 8 heteroatoms. The molecule has 2 rings (SSSR count). The van der Waals surface area contributed by atoms with Crippen molar-refractivity contribution in [3.63, 3.8) is 0 Å². The van der Waals surface area contributed by atoms with Crippen LogP contribution in [0.3, 0.4) is 0 Å². The third kappa shape index (κ3) is 5.95. The van der Waals surface area contributed by atoms with Crippen molar-refractivity contribution in [2.45, 2.75) is 37.5 Å². The Morgan fingerprint density at radius 1 is 1.28 bits per heavy atom. The minimum atomic E-state index is -3.52. The van der Waals surface area contributed by atoms with Crippen LogP contribution < -0.4 is 10.6 Å². The molecule has 0 unspecified atom stereocenters. The Balaban J connectivity index is 0.00000312. The monoisotopic (exact) mass is 389 g/mol. The van der Waals surface area contributed by atoms with Crippen LogP contribution in [-0.2, 0) is 14.8 Å². The van der Waals surface area contributed by atoms with Crippen molar-refractivity contribution in [2.24, 2.45) is 5.92 Å². The summed E-state index contributed by atoms with van der Waals surface area (Å²) in [7, 11) is -0.522. The highest BCUT2D eigenvalue weighted by atomic mass is 35.5. The number of carbonyl (C=O) groups excluding carboxylic acids is 1. The van der Waals surface area contributed by atoms with Gasteiger partial charge in [0.1, 0.15) is 0 Å². The first kappa shape index (κ1) is 21.9. The fraction of sp³-hybridized carbons (Fsp3) is 0.588. The zero-order chi connectivity index (χ0) is 17.7. The first-order valence-corrected chi connectivity index (χ1v) is 9.78. The summed E-state index contributed by atoms with van der Waals surface area (Å²) in [5.41, 5.74) is 1.19. The van der Waals surface area contributed by atoms with Gasteiger partial charge in [-0.05, 0) is 62.9 Å². The highest BCUT2D eigenvalue weighted by Gasteiger charge is 2.20. The third-order valence-corrected chi connectivity index (χ3v) is 6.43. The van der Waals surface area contributed by atoms with Gasteiger partial charge in [-0.25, -0.2) is 12.7 Å². The molecule has 1 aliphatic heterocycles. The molecule has 25 heavy (non-hydrogen) atoms. The standard InChI is InChI=1S/C17H27N3O3S.ClH/c1-13-4-6-15(12-16(13)24(22,23)20(2)3)19-17(21)7-5-14-8-10-18-11-9-14;/h4,6,12,14,18H,5,7-11H2,1-3H3,(H,19,21);1H. The van der Waals surface area contributed by atoms with E-state index in [0.29, 0.717) is 23.6 Å². The van der Waals surface area contributed by atoms with Crippen molar-refractivity contribution in [1.82, 2.24) is 9.62 Å². The molecule has 0 aliphatic carbocycles. The van der Waals surface area contributed by atoms with Crippen LogP contribution >= 0.6 is 12.4 Å². The summed E-state index contributed by atoms with van der Waals surface area (Å²) in [6, 6.07) is 5.00. The van der Waals surface area contributed by atoms with Gasteiger partial charge < -0.3 is 10.6 Å². The molecule has 6 nitrogen and oxygen atoms in total. The summed E-state index contributed by atoms with van der Waals surface area (Å²) in [6.45, 7) is 3.80. The molecule has 1 amide bonds. The fourth-order valence-corrected chi connectivity index (χ4v) is 4.03. The Morgan fingerprint density at radius 2 is 1.92 bits per heavy atom. The molecule has 1 saturated heterocycles. The molecule has 1 aromatic rings. The van der Waals surface area contributed by atoms with Crippen molar-refractivity contribution in [3.8, 4) is 0 Å². The summed E-state index contributed by atoms with van der Waals surface area (Å²) in [6.07, 6.45) is 3.57. The Morgan fingerprint density at radius 3 is 2.52 bits per heavy atom. The molecule has 0 atom stereocenters. The molecule has 2 N–H and O–H groups in total. The third-order valence-electron chi connectivity index (χ3n) is 4.47. The van der Waals surface area contributed by atoms with Crippen molar-refractivity contribution < 1.29 is 13.2 Å². The number of hydrogen-bond acceptors (Lipinski definition) is 4. The number of benzene rings is 1. The number of nitrogens with one attached hydrogen (secondary N) is 2. The predicted octanol–water partition coefficient (Wildman–Crippen LogP) is 2.39. The van der Waals surface area contributed by atoms with E-state index in [1.165, 1.54) is 24.5 Å². The van der Waals surface area contributed by atoms with E-state index in [1.54, 1.807) is 19.1 Å². The van der Waals surface area contributed by atoms with E-state index in [4.69, 9.17) is 0 Å². The van der Waals surface area contributed by atoms with Crippen LogP contribution in [0, 0.1) is 12.8 Å². The molecule has 1 heterocycles. The molecule has 0 radical (unpaired) electrons. The lowest BCUT2D eigenvalue weighted by molar-refractivity contribution is -0.116. The number of rotatable bonds is 6. The second-order valence-electron chi connectivity index (χ2n) is 6.55. The highest BCUT2D eigenvalue weighted by molar-refractivity contribution is 7.89. The van der Waals surface area contributed by atoms with Gasteiger partial charge in [-0.3, -0.25) is 4.79 Å². The van der Waals surface area contributed by atoms with Crippen LogP contribution in [0.25, 0.3) is 0 Å². The molecule has 1 aromatic carbocycles. The van der Waals surface area contributed by atoms with Crippen LogP contribution in [0.5, 0.6) is 0 Å². The second kappa shape index (κ2) is 9.52. The molecular weight excluding hydrogens is 362 g/mol. The zero-order valence-electron chi connectivity index (χ0n) is 15.0. The normalized spacial score (nSPS) is 15.7.